The molecule has 1 aromatic carbocycles. The van der Waals surface area contributed by atoms with E-state index in [2.05, 4.69) is 24.3 Å². The normalized spacial score (nSPS) is 12.4. The van der Waals surface area contributed by atoms with Gasteiger partial charge in [-0.15, -0.1) is 0 Å². The number of carbonyl (C=O) groups excluding carboxylic acids is 1. The van der Waals surface area contributed by atoms with Gasteiger partial charge in [0.1, 0.15) is 0 Å². The molecule has 0 aliphatic rings. The molecule has 23 heavy (non-hydrogen) atoms. The van der Waals surface area contributed by atoms with Gasteiger partial charge in [0.05, 0.1) is 18.0 Å². The maximum absolute atomic E-state index is 12.2. The van der Waals surface area contributed by atoms with Crippen LogP contribution in [-0.2, 0) is 0 Å². The molecule has 5 nitrogen and oxygen atoms in total. The third-order valence-electron chi connectivity index (χ3n) is 4.17. The number of nitrogens with one attached hydrogen (secondary N) is 1. The highest BCUT2D eigenvalue weighted by Gasteiger charge is 2.16. The highest BCUT2D eigenvalue weighted by molar-refractivity contribution is 5.94. The van der Waals surface area contributed by atoms with Gasteiger partial charge in [-0.25, -0.2) is 4.68 Å². The average molecular weight is 315 g/mol. The third kappa shape index (κ3) is 4.42. The molecule has 1 aromatic heterocycles. The fourth-order valence-corrected chi connectivity index (χ4v) is 2.62. The molecule has 5 heteroatoms. The maximum Gasteiger partial charge on any atom is 0.251 e. The maximum atomic E-state index is 12.2. The highest BCUT2D eigenvalue weighted by Crippen LogP contribution is 2.13. The van der Waals surface area contributed by atoms with Gasteiger partial charge in [-0.2, -0.15) is 5.10 Å². The minimum Gasteiger partial charge on any atom is -0.391 e. The van der Waals surface area contributed by atoms with Crippen LogP contribution in [0.25, 0.3) is 5.69 Å². The number of amides is 1. The molecule has 2 rings (SSSR count). The standard InChI is InChI=1S/C18H25N3O2/c1-4-14(5-2)17(22)11-19-18(23)15-6-8-16(9-7-15)21-12-13(3)10-20-21/h6-10,12,14,17,22H,4-5,11H2,1-3H3,(H,19,23). The van der Waals surface area contributed by atoms with Crippen molar-refractivity contribution in [3.8, 4) is 5.69 Å². The second-order valence-corrected chi connectivity index (χ2v) is 5.86. The molecular weight excluding hydrogens is 290 g/mol. The first-order chi connectivity index (χ1) is 11.0. The van der Waals surface area contributed by atoms with Crippen LogP contribution < -0.4 is 5.32 Å². The van der Waals surface area contributed by atoms with Gasteiger partial charge in [0.25, 0.3) is 5.91 Å². The Hall–Kier alpha value is -2.14. The molecule has 0 radical (unpaired) electrons. The van der Waals surface area contributed by atoms with Crippen molar-refractivity contribution in [1.29, 1.82) is 0 Å². The number of aliphatic hydroxyl groups excluding tert-OH is 1. The van der Waals surface area contributed by atoms with Crippen LogP contribution in [0.15, 0.2) is 36.7 Å². The van der Waals surface area contributed by atoms with Gasteiger partial charge in [-0.1, -0.05) is 26.7 Å². The summed E-state index contributed by atoms with van der Waals surface area (Å²) in [4.78, 5) is 12.2. The van der Waals surface area contributed by atoms with Crippen molar-refractivity contribution in [1.82, 2.24) is 15.1 Å². The van der Waals surface area contributed by atoms with Crippen molar-refractivity contribution in [3.05, 3.63) is 47.8 Å². The number of rotatable bonds is 7. The molecule has 124 valence electrons. The summed E-state index contributed by atoms with van der Waals surface area (Å²) in [5, 5.41) is 17.1. The van der Waals surface area contributed by atoms with E-state index in [1.807, 2.05) is 25.3 Å². The topological polar surface area (TPSA) is 67.2 Å². The fourth-order valence-electron chi connectivity index (χ4n) is 2.62. The van der Waals surface area contributed by atoms with E-state index in [0.717, 1.165) is 24.1 Å². The van der Waals surface area contributed by atoms with Crippen LogP contribution >= 0.6 is 0 Å². The lowest BCUT2D eigenvalue weighted by atomic mass is 9.96. The van der Waals surface area contributed by atoms with Gasteiger partial charge in [-0.3, -0.25) is 4.79 Å². The van der Waals surface area contributed by atoms with Gasteiger partial charge >= 0.3 is 0 Å². The highest BCUT2D eigenvalue weighted by atomic mass is 16.3. The van der Waals surface area contributed by atoms with Crippen LogP contribution in [0.4, 0.5) is 0 Å². The zero-order valence-corrected chi connectivity index (χ0v) is 14.0. The number of hydrogen-bond acceptors (Lipinski definition) is 3. The summed E-state index contributed by atoms with van der Waals surface area (Å²) in [6.07, 6.45) is 5.04. The smallest absolute Gasteiger partial charge is 0.251 e. The van der Waals surface area contributed by atoms with Crippen molar-refractivity contribution < 1.29 is 9.90 Å². The number of aliphatic hydroxyl groups is 1. The minimum absolute atomic E-state index is 0.168. The Balaban J connectivity index is 1.95. The largest absolute Gasteiger partial charge is 0.391 e. The summed E-state index contributed by atoms with van der Waals surface area (Å²) in [5.41, 5.74) is 2.57. The molecule has 1 unspecified atom stereocenters. The van der Waals surface area contributed by atoms with E-state index in [1.165, 1.54) is 0 Å². The number of hydrogen-bond donors (Lipinski definition) is 2. The molecule has 2 aromatic rings. The zero-order valence-electron chi connectivity index (χ0n) is 14.0. The van der Waals surface area contributed by atoms with Crippen LogP contribution in [0.1, 0.15) is 42.6 Å². The second kappa shape index (κ2) is 7.92. The summed E-state index contributed by atoms with van der Waals surface area (Å²) >= 11 is 0. The lowest BCUT2D eigenvalue weighted by molar-refractivity contribution is 0.0816. The number of carbonyl (C=O) groups is 1. The van der Waals surface area contributed by atoms with E-state index in [4.69, 9.17) is 0 Å². The molecular formula is C18H25N3O2. The zero-order chi connectivity index (χ0) is 16.8. The molecule has 0 spiro atoms. The Morgan fingerprint density at radius 1 is 1.26 bits per heavy atom. The van der Waals surface area contributed by atoms with Gasteiger partial charge in [0.2, 0.25) is 0 Å². The lowest BCUT2D eigenvalue weighted by Gasteiger charge is -2.20. The van der Waals surface area contributed by atoms with E-state index in [9.17, 15) is 9.90 Å². The predicted octanol–water partition coefficient (Wildman–Crippen LogP) is 2.71. The van der Waals surface area contributed by atoms with Crippen molar-refractivity contribution in [3.63, 3.8) is 0 Å². The molecule has 2 N–H and O–H groups in total. The van der Waals surface area contributed by atoms with Gasteiger partial charge in [0.15, 0.2) is 0 Å². The lowest BCUT2D eigenvalue weighted by Crippen LogP contribution is -2.36. The predicted molar refractivity (Wildman–Crippen MR) is 90.7 cm³/mol. The molecule has 0 bridgehead atoms. The first kappa shape index (κ1) is 17.2. The summed E-state index contributed by atoms with van der Waals surface area (Å²) in [5.74, 6) is 0.0546. The van der Waals surface area contributed by atoms with E-state index in [0.29, 0.717) is 5.56 Å². The molecule has 1 amide bonds. The number of aromatic nitrogens is 2. The first-order valence-corrected chi connectivity index (χ1v) is 8.13. The monoisotopic (exact) mass is 315 g/mol. The fraction of sp³-hybridized carbons (Fsp3) is 0.444. The van der Waals surface area contributed by atoms with E-state index < -0.39 is 6.10 Å². The Labute approximate surface area is 137 Å². The number of aryl methyl sites for hydroxylation is 1. The molecule has 0 saturated carbocycles. The Morgan fingerprint density at radius 2 is 1.91 bits per heavy atom. The molecule has 0 aliphatic carbocycles. The van der Waals surface area contributed by atoms with Crippen LogP contribution in [0.3, 0.4) is 0 Å². The quantitative estimate of drug-likeness (QED) is 0.825. The number of benzene rings is 1. The van der Waals surface area contributed by atoms with Gasteiger partial charge < -0.3 is 10.4 Å². The average Bonchev–Trinajstić information content (AvgIpc) is 3.00. The second-order valence-electron chi connectivity index (χ2n) is 5.86. The van der Waals surface area contributed by atoms with Crippen molar-refractivity contribution in [2.75, 3.05) is 6.54 Å². The SMILES string of the molecule is CCC(CC)C(O)CNC(=O)c1ccc(-n2cc(C)cn2)cc1. The van der Waals surface area contributed by atoms with Crippen LogP contribution in [0.2, 0.25) is 0 Å². The Morgan fingerprint density at radius 3 is 2.43 bits per heavy atom. The molecule has 1 atom stereocenters. The van der Waals surface area contributed by atoms with Crippen molar-refractivity contribution in [2.24, 2.45) is 5.92 Å². The number of nitrogens with zero attached hydrogens (tertiary/aromatic N) is 2. The van der Waals surface area contributed by atoms with E-state index >= 15 is 0 Å². The molecule has 0 fully saturated rings. The van der Waals surface area contributed by atoms with Gasteiger partial charge in [0, 0.05) is 18.3 Å². The summed E-state index contributed by atoms with van der Waals surface area (Å²) < 4.78 is 1.77. The van der Waals surface area contributed by atoms with Crippen LogP contribution in [0.5, 0.6) is 0 Å². The minimum atomic E-state index is -0.500. The van der Waals surface area contributed by atoms with Crippen molar-refractivity contribution >= 4 is 5.91 Å². The first-order valence-electron chi connectivity index (χ1n) is 8.13. The Bertz CT molecular complexity index is 630. The molecule has 0 saturated heterocycles. The summed E-state index contributed by atoms with van der Waals surface area (Å²) in [7, 11) is 0. The van der Waals surface area contributed by atoms with Crippen LogP contribution in [0, 0.1) is 12.8 Å². The van der Waals surface area contributed by atoms with E-state index in [1.54, 1.807) is 23.0 Å². The summed E-state index contributed by atoms with van der Waals surface area (Å²) in [6, 6.07) is 7.26. The van der Waals surface area contributed by atoms with Gasteiger partial charge in [-0.05, 0) is 42.7 Å². The van der Waals surface area contributed by atoms with Crippen molar-refractivity contribution in [2.45, 2.75) is 39.7 Å². The molecule has 1 heterocycles. The Kier molecular flexibility index (Phi) is 5.93. The van der Waals surface area contributed by atoms with Crippen LogP contribution in [-0.4, -0.2) is 33.4 Å². The molecule has 0 aliphatic heterocycles. The summed E-state index contributed by atoms with van der Waals surface area (Å²) in [6.45, 7) is 6.37. The van der Waals surface area contributed by atoms with E-state index in [-0.39, 0.29) is 18.4 Å². The third-order valence-corrected chi connectivity index (χ3v) is 4.17.